The van der Waals surface area contributed by atoms with Crippen LogP contribution in [-0.4, -0.2) is 25.7 Å². The second-order valence-corrected chi connectivity index (χ2v) is 2.65. The van der Waals surface area contributed by atoms with Crippen molar-refractivity contribution >= 4 is 11.6 Å². The number of aromatic carboxylic acids is 1. The number of carboxylic acid groups (broad SMARTS) is 1. The van der Waals surface area contributed by atoms with E-state index in [4.69, 9.17) is 5.11 Å². The van der Waals surface area contributed by atoms with Gasteiger partial charge < -0.3 is 5.11 Å². The van der Waals surface area contributed by atoms with E-state index in [2.05, 4.69) is 10.1 Å². The van der Waals surface area contributed by atoms with E-state index < -0.39 is 5.97 Å². The SMILES string of the molecule is Cc1nc2c(C(=O)O)cccn2n1. The van der Waals surface area contributed by atoms with Crippen molar-refractivity contribution in [1.82, 2.24) is 14.6 Å². The molecular formula is C8H7N3O2. The van der Waals surface area contributed by atoms with Gasteiger partial charge in [0, 0.05) is 6.20 Å². The normalized spacial score (nSPS) is 10.5. The van der Waals surface area contributed by atoms with Crippen LogP contribution in [0.15, 0.2) is 18.3 Å². The molecule has 2 rings (SSSR count). The van der Waals surface area contributed by atoms with E-state index in [9.17, 15) is 4.79 Å². The molecule has 13 heavy (non-hydrogen) atoms. The highest BCUT2D eigenvalue weighted by Crippen LogP contribution is 2.07. The van der Waals surface area contributed by atoms with Crippen LogP contribution in [0.1, 0.15) is 16.2 Å². The molecule has 5 nitrogen and oxygen atoms in total. The third-order valence-electron chi connectivity index (χ3n) is 1.70. The first-order valence-electron chi connectivity index (χ1n) is 3.74. The first kappa shape index (κ1) is 7.72. The third-order valence-corrected chi connectivity index (χ3v) is 1.70. The third kappa shape index (κ3) is 1.14. The van der Waals surface area contributed by atoms with Crippen LogP contribution in [0.2, 0.25) is 0 Å². The molecule has 1 N–H and O–H groups in total. The summed E-state index contributed by atoms with van der Waals surface area (Å²) in [7, 11) is 0. The quantitative estimate of drug-likeness (QED) is 0.697. The lowest BCUT2D eigenvalue weighted by Crippen LogP contribution is -2.00. The number of nitrogens with zero attached hydrogens (tertiary/aromatic N) is 3. The molecule has 0 bridgehead atoms. The van der Waals surface area contributed by atoms with E-state index in [1.807, 2.05) is 0 Å². The van der Waals surface area contributed by atoms with Crippen LogP contribution < -0.4 is 0 Å². The van der Waals surface area contributed by atoms with E-state index in [0.717, 1.165) is 0 Å². The average molecular weight is 177 g/mol. The van der Waals surface area contributed by atoms with Gasteiger partial charge in [0.05, 0.1) is 0 Å². The Hall–Kier alpha value is -1.91. The number of rotatable bonds is 1. The molecule has 2 aromatic rings. The number of pyridine rings is 1. The van der Waals surface area contributed by atoms with Crippen LogP contribution in [0.3, 0.4) is 0 Å². The number of carboxylic acids is 1. The van der Waals surface area contributed by atoms with Gasteiger partial charge in [0.25, 0.3) is 0 Å². The molecule has 0 spiro atoms. The molecular weight excluding hydrogens is 170 g/mol. The van der Waals surface area contributed by atoms with Gasteiger partial charge in [-0.3, -0.25) is 0 Å². The minimum atomic E-state index is -0.988. The van der Waals surface area contributed by atoms with Gasteiger partial charge in [-0.2, -0.15) is 5.10 Å². The largest absolute Gasteiger partial charge is 0.478 e. The van der Waals surface area contributed by atoms with Crippen molar-refractivity contribution in [2.75, 3.05) is 0 Å². The Balaban J connectivity index is 2.82. The molecule has 0 fully saturated rings. The number of aryl methyl sites for hydroxylation is 1. The fourth-order valence-electron chi connectivity index (χ4n) is 1.18. The van der Waals surface area contributed by atoms with Crippen LogP contribution in [0.4, 0.5) is 0 Å². The summed E-state index contributed by atoms with van der Waals surface area (Å²) in [4.78, 5) is 14.7. The van der Waals surface area contributed by atoms with Gasteiger partial charge in [0.2, 0.25) is 0 Å². The zero-order valence-corrected chi connectivity index (χ0v) is 6.93. The molecule has 0 saturated heterocycles. The smallest absolute Gasteiger partial charge is 0.339 e. The zero-order chi connectivity index (χ0) is 9.42. The van der Waals surface area contributed by atoms with Crippen LogP contribution in [0.5, 0.6) is 0 Å². The fraction of sp³-hybridized carbons (Fsp3) is 0.125. The number of fused-ring (bicyclic) bond motifs is 1. The highest BCUT2D eigenvalue weighted by Gasteiger charge is 2.10. The van der Waals surface area contributed by atoms with E-state index in [0.29, 0.717) is 11.5 Å². The summed E-state index contributed by atoms with van der Waals surface area (Å²) in [5, 5.41) is 12.8. The van der Waals surface area contributed by atoms with E-state index in [1.165, 1.54) is 10.6 Å². The molecule has 0 aromatic carbocycles. The standard InChI is InChI=1S/C8H7N3O2/c1-5-9-7-6(8(12)13)3-2-4-11(7)10-5/h2-4H,1H3,(H,12,13). The predicted molar refractivity (Wildman–Crippen MR) is 44.7 cm³/mol. The van der Waals surface area contributed by atoms with Gasteiger partial charge in [-0.15, -0.1) is 0 Å². The Morgan fingerprint density at radius 3 is 3.08 bits per heavy atom. The molecule has 2 heterocycles. The first-order valence-corrected chi connectivity index (χ1v) is 3.74. The monoisotopic (exact) mass is 177 g/mol. The maximum atomic E-state index is 10.7. The molecule has 0 amide bonds. The van der Waals surface area contributed by atoms with Crippen LogP contribution in [-0.2, 0) is 0 Å². The Morgan fingerprint density at radius 1 is 1.62 bits per heavy atom. The number of hydrogen-bond donors (Lipinski definition) is 1. The molecule has 66 valence electrons. The summed E-state index contributed by atoms with van der Waals surface area (Å²) in [5.74, 6) is -0.424. The second-order valence-electron chi connectivity index (χ2n) is 2.65. The Morgan fingerprint density at radius 2 is 2.38 bits per heavy atom. The molecule has 0 saturated carbocycles. The Labute approximate surface area is 73.6 Å². The van der Waals surface area contributed by atoms with Crippen molar-refractivity contribution in [3.05, 3.63) is 29.7 Å². The minimum Gasteiger partial charge on any atom is -0.478 e. The van der Waals surface area contributed by atoms with E-state index in [-0.39, 0.29) is 5.56 Å². The lowest BCUT2D eigenvalue weighted by molar-refractivity contribution is 0.0698. The summed E-state index contributed by atoms with van der Waals surface area (Å²) >= 11 is 0. The molecule has 0 aliphatic rings. The van der Waals surface area contributed by atoms with Crippen molar-refractivity contribution in [3.63, 3.8) is 0 Å². The maximum Gasteiger partial charge on any atom is 0.339 e. The van der Waals surface area contributed by atoms with Crippen LogP contribution in [0.25, 0.3) is 5.65 Å². The topological polar surface area (TPSA) is 67.5 Å². The zero-order valence-electron chi connectivity index (χ0n) is 6.93. The van der Waals surface area contributed by atoms with Gasteiger partial charge >= 0.3 is 5.97 Å². The summed E-state index contributed by atoms with van der Waals surface area (Å²) < 4.78 is 1.46. The molecule has 0 radical (unpaired) electrons. The number of aromatic nitrogens is 3. The molecule has 0 unspecified atom stereocenters. The van der Waals surface area contributed by atoms with Gasteiger partial charge in [-0.1, -0.05) is 0 Å². The lowest BCUT2D eigenvalue weighted by Gasteiger charge is -1.94. The van der Waals surface area contributed by atoms with Crippen LogP contribution >= 0.6 is 0 Å². The first-order chi connectivity index (χ1) is 6.18. The second kappa shape index (κ2) is 2.55. The minimum absolute atomic E-state index is 0.170. The van der Waals surface area contributed by atoms with Crippen molar-refractivity contribution in [3.8, 4) is 0 Å². The van der Waals surface area contributed by atoms with Gasteiger partial charge in [0.1, 0.15) is 11.4 Å². The van der Waals surface area contributed by atoms with E-state index >= 15 is 0 Å². The number of carbonyl (C=O) groups is 1. The van der Waals surface area contributed by atoms with Gasteiger partial charge in [-0.25, -0.2) is 14.3 Å². The molecule has 0 aliphatic carbocycles. The van der Waals surface area contributed by atoms with Crippen molar-refractivity contribution in [2.24, 2.45) is 0 Å². The number of hydrogen-bond acceptors (Lipinski definition) is 3. The summed E-state index contributed by atoms with van der Waals surface area (Å²) in [6, 6.07) is 3.14. The van der Waals surface area contributed by atoms with Gasteiger partial charge in [-0.05, 0) is 19.1 Å². The van der Waals surface area contributed by atoms with Crippen LogP contribution in [0, 0.1) is 6.92 Å². The van der Waals surface area contributed by atoms with E-state index in [1.54, 1.807) is 19.2 Å². The maximum absolute atomic E-state index is 10.7. The van der Waals surface area contributed by atoms with Gasteiger partial charge in [0.15, 0.2) is 5.65 Å². The average Bonchev–Trinajstić information content (AvgIpc) is 2.43. The Kier molecular flexibility index (Phi) is 1.51. The molecule has 0 atom stereocenters. The summed E-state index contributed by atoms with van der Waals surface area (Å²) in [6.07, 6.45) is 1.67. The predicted octanol–water partition coefficient (Wildman–Crippen LogP) is 0.736. The Bertz CT molecular complexity index is 475. The van der Waals surface area contributed by atoms with Crippen molar-refractivity contribution in [2.45, 2.75) is 6.92 Å². The molecule has 0 aliphatic heterocycles. The lowest BCUT2D eigenvalue weighted by atomic mass is 10.3. The van der Waals surface area contributed by atoms with Crippen molar-refractivity contribution in [1.29, 1.82) is 0 Å². The molecule has 2 aromatic heterocycles. The summed E-state index contributed by atoms with van der Waals surface area (Å²) in [5.41, 5.74) is 0.551. The van der Waals surface area contributed by atoms with Crippen molar-refractivity contribution < 1.29 is 9.90 Å². The fourth-order valence-corrected chi connectivity index (χ4v) is 1.18. The molecule has 5 heteroatoms. The summed E-state index contributed by atoms with van der Waals surface area (Å²) in [6.45, 7) is 1.72. The highest BCUT2D eigenvalue weighted by molar-refractivity contribution is 5.94. The highest BCUT2D eigenvalue weighted by atomic mass is 16.4.